The largest absolute Gasteiger partial charge is 0.495 e. The minimum absolute atomic E-state index is 0.0715. The SMILES string of the molecule is COc1ccc(CN2C(=O)[C@@H]3CCCC[C@H]3C2=O)cc1S(=O)(=O)N1CCN(c2ccccc2)CC1. The molecule has 35 heavy (non-hydrogen) atoms. The second-order valence-electron chi connectivity index (χ2n) is 9.47. The topological polar surface area (TPSA) is 87.2 Å². The molecule has 2 heterocycles. The van der Waals surface area contributed by atoms with Crippen LogP contribution in [0, 0.1) is 11.8 Å². The van der Waals surface area contributed by atoms with Gasteiger partial charge in [0, 0.05) is 31.9 Å². The summed E-state index contributed by atoms with van der Waals surface area (Å²) < 4.78 is 34.1. The number of piperazine rings is 1. The number of amides is 2. The molecule has 2 aromatic carbocycles. The summed E-state index contributed by atoms with van der Waals surface area (Å²) in [6, 6.07) is 14.8. The van der Waals surface area contributed by atoms with E-state index >= 15 is 0 Å². The van der Waals surface area contributed by atoms with Gasteiger partial charge in [-0.2, -0.15) is 4.31 Å². The number of sulfonamides is 1. The molecule has 3 fully saturated rings. The molecule has 1 saturated carbocycles. The van der Waals surface area contributed by atoms with E-state index in [2.05, 4.69) is 4.90 Å². The minimum atomic E-state index is -3.82. The second kappa shape index (κ2) is 9.62. The van der Waals surface area contributed by atoms with Crippen molar-refractivity contribution in [2.45, 2.75) is 37.1 Å². The highest BCUT2D eigenvalue weighted by molar-refractivity contribution is 7.89. The molecule has 2 aromatic rings. The van der Waals surface area contributed by atoms with Gasteiger partial charge in [-0.25, -0.2) is 8.42 Å². The van der Waals surface area contributed by atoms with E-state index in [0.717, 1.165) is 31.4 Å². The van der Waals surface area contributed by atoms with Crippen LogP contribution in [0.3, 0.4) is 0 Å². The van der Waals surface area contributed by atoms with Crippen molar-refractivity contribution in [1.82, 2.24) is 9.21 Å². The van der Waals surface area contributed by atoms with Crippen molar-refractivity contribution in [3.8, 4) is 5.75 Å². The van der Waals surface area contributed by atoms with Crippen molar-refractivity contribution in [2.75, 3.05) is 38.2 Å². The fourth-order valence-corrected chi connectivity index (χ4v) is 7.18. The zero-order valence-electron chi connectivity index (χ0n) is 19.9. The molecule has 186 valence electrons. The molecule has 0 bridgehead atoms. The molecule has 8 nitrogen and oxygen atoms in total. The molecule has 0 radical (unpaired) electrons. The third kappa shape index (κ3) is 4.43. The Morgan fingerprint density at radius 1 is 0.886 bits per heavy atom. The molecule has 2 aliphatic heterocycles. The average molecular weight is 498 g/mol. The van der Waals surface area contributed by atoms with E-state index in [1.807, 2.05) is 30.3 Å². The second-order valence-corrected chi connectivity index (χ2v) is 11.4. The lowest BCUT2D eigenvalue weighted by molar-refractivity contribution is -0.140. The van der Waals surface area contributed by atoms with Crippen molar-refractivity contribution in [3.63, 3.8) is 0 Å². The molecule has 0 N–H and O–H groups in total. The lowest BCUT2D eigenvalue weighted by atomic mass is 9.81. The summed E-state index contributed by atoms with van der Waals surface area (Å²) >= 11 is 0. The molecular weight excluding hydrogens is 466 g/mol. The number of ether oxygens (including phenoxy) is 1. The van der Waals surface area contributed by atoms with E-state index in [9.17, 15) is 18.0 Å². The van der Waals surface area contributed by atoms with Crippen molar-refractivity contribution in [1.29, 1.82) is 0 Å². The van der Waals surface area contributed by atoms with Crippen LogP contribution in [0.1, 0.15) is 31.2 Å². The number of likely N-dealkylation sites (tertiary alicyclic amines) is 1. The summed E-state index contributed by atoms with van der Waals surface area (Å²) in [5.41, 5.74) is 1.68. The number of imide groups is 1. The Hall–Kier alpha value is -2.91. The van der Waals surface area contributed by atoms with E-state index in [4.69, 9.17) is 4.74 Å². The van der Waals surface area contributed by atoms with Crippen LogP contribution in [0.2, 0.25) is 0 Å². The summed E-state index contributed by atoms with van der Waals surface area (Å²) in [5, 5.41) is 0. The number of nitrogens with zero attached hydrogens (tertiary/aromatic N) is 3. The highest BCUT2D eigenvalue weighted by atomic mass is 32.2. The number of hydrogen-bond donors (Lipinski definition) is 0. The Labute approximate surface area is 206 Å². The number of carbonyl (C=O) groups excluding carboxylic acids is 2. The maximum absolute atomic E-state index is 13.6. The van der Waals surface area contributed by atoms with E-state index in [-0.39, 0.29) is 40.8 Å². The zero-order valence-corrected chi connectivity index (χ0v) is 20.7. The molecular formula is C26H31N3O5S. The maximum atomic E-state index is 13.6. The Balaban J connectivity index is 1.35. The number of fused-ring (bicyclic) bond motifs is 1. The lowest BCUT2D eigenvalue weighted by Gasteiger charge is -2.35. The molecule has 1 aliphatic carbocycles. The van der Waals surface area contributed by atoms with Gasteiger partial charge in [0.25, 0.3) is 0 Å². The van der Waals surface area contributed by atoms with Gasteiger partial charge in [-0.15, -0.1) is 0 Å². The van der Waals surface area contributed by atoms with Crippen LogP contribution in [-0.4, -0.2) is 62.7 Å². The smallest absolute Gasteiger partial charge is 0.246 e. The van der Waals surface area contributed by atoms with Crippen LogP contribution in [0.4, 0.5) is 5.69 Å². The van der Waals surface area contributed by atoms with Crippen molar-refractivity contribution in [3.05, 3.63) is 54.1 Å². The number of hydrogen-bond acceptors (Lipinski definition) is 6. The molecule has 5 rings (SSSR count). The predicted molar refractivity (Wildman–Crippen MR) is 131 cm³/mol. The van der Waals surface area contributed by atoms with Gasteiger partial charge in [-0.1, -0.05) is 37.1 Å². The quantitative estimate of drug-likeness (QED) is 0.571. The minimum Gasteiger partial charge on any atom is -0.495 e. The van der Waals surface area contributed by atoms with E-state index in [0.29, 0.717) is 31.7 Å². The lowest BCUT2D eigenvalue weighted by Crippen LogP contribution is -2.48. The van der Waals surface area contributed by atoms with E-state index in [1.165, 1.54) is 16.3 Å². The number of carbonyl (C=O) groups is 2. The average Bonchev–Trinajstić information content (AvgIpc) is 3.14. The number of methoxy groups -OCH3 is 1. The normalized spacial score (nSPS) is 23.5. The first-order chi connectivity index (χ1) is 16.9. The van der Waals surface area contributed by atoms with E-state index in [1.54, 1.807) is 18.2 Å². The highest BCUT2D eigenvalue weighted by Crippen LogP contribution is 2.39. The molecule has 0 spiro atoms. The van der Waals surface area contributed by atoms with Crippen LogP contribution >= 0.6 is 0 Å². The molecule has 0 unspecified atom stereocenters. The third-order valence-electron chi connectivity index (χ3n) is 7.48. The Kier molecular flexibility index (Phi) is 6.55. The van der Waals surface area contributed by atoms with Crippen molar-refractivity contribution in [2.24, 2.45) is 11.8 Å². The van der Waals surface area contributed by atoms with Gasteiger partial charge in [0.15, 0.2) is 0 Å². The molecule has 2 amide bonds. The zero-order chi connectivity index (χ0) is 24.6. The summed E-state index contributed by atoms with van der Waals surface area (Å²) in [5.74, 6) is -0.446. The van der Waals surface area contributed by atoms with Crippen LogP contribution in [-0.2, 0) is 26.2 Å². The number of benzene rings is 2. The molecule has 2 atom stereocenters. The third-order valence-corrected chi connectivity index (χ3v) is 9.40. The summed E-state index contributed by atoms with van der Waals surface area (Å²) in [7, 11) is -2.38. The van der Waals surface area contributed by atoms with Gasteiger partial charge in [-0.3, -0.25) is 14.5 Å². The molecule has 3 aliphatic rings. The summed E-state index contributed by atoms with van der Waals surface area (Å²) in [6.45, 7) is 1.97. The van der Waals surface area contributed by atoms with Gasteiger partial charge in [0.05, 0.1) is 25.5 Å². The number of para-hydroxylation sites is 1. The number of anilines is 1. The monoisotopic (exact) mass is 497 g/mol. The highest BCUT2D eigenvalue weighted by Gasteiger charge is 2.48. The Morgan fingerprint density at radius 2 is 1.51 bits per heavy atom. The van der Waals surface area contributed by atoms with E-state index < -0.39 is 10.0 Å². The van der Waals surface area contributed by atoms with Gasteiger partial charge in [0.1, 0.15) is 10.6 Å². The fourth-order valence-electron chi connectivity index (χ4n) is 5.55. The maximum Gasteiger partial charge on any atom is 0.246 e. The molecule has 9 heteroatoms. The molecule has 0 aromatic heterocycles. The fraction of sp³-hybridized carbons (Fsp3) is 0.462. The van der Waals surface area contributed by atoms with Gasteiger partial charge in [0.2, 0.25) is 21.8 Å². The predicted octanol–water partition coefficient (Wildman–Crippen LogP) is 2.88. The van der Waals surface area contributed by atoms with Crippen LogP contribution in [0.25, 0.3) is 0 Å². The van der Waals surface area contributed by atoms with Gasteiger partial charge in [-0.05, 0) is 42.7 Å². The Bertz CT molecular complexity index is 1180. The standard InChI is InChI=1S/C26H31N3O5S/c1-34-23-12-11-19(18-29-25(30)21-9-5-6-10-22(21)26(29)31)17-24(23)35(32,33)28-15-13-27(14-16-28)20-7-3-2-4-8-20/h2-4,7-8,11-12,17,21-22H,5-6,9-10,13-16,18H2,1H3/t21-,22-/m1/s1. The first-order valence-electron chi connectivity index (χ1n) is 12.2. The van der Waals surface area contributed by atoms with Crippen LogP contribution in [0.15, 0.2) is 53.4 Å². The Morgan fingerprint density at radius 3 is 2.11 bits per heavy atom. The van der Waals surface area contributed by atoms with Crippen molar-refractivity contribution < 1.29 is 22.7 Å². The van der Waals surface area contributed by atoms with Crippen LogP contribution < -0.4 is 9.64 Å². The number of rotatable bonds is 6. The summed E-state index contributed by atoms with van der Waals surface area (Å²) in [6.07, 6.45) is 3.44. The van der Waals surface area contributed by atoms with Gasteiger partial charge >= 0.3 is 0 Å². The summed E-state index contributed by atoms with van der Waals surface area (Å²) in [4.78, 5) is 29.4. The van der Waals surface area contributed by atoms with Gasteiger partial charge < -0.3 is 9.64 Å². The first kappa shape index (κ1) is 23.8. The van der Waals surface area contributed by atoms with Crippen molar-refractivity contribution >= 4 is 27.5 Å². The van der Waals surface area contributed by atoms with Crippen LogP contribution in [0.5, 0.6) is 5.75 Å². The molecule has 2 saturated heterocycles. The first-order valence-corrected chi connectivity index (χ1v) is 13.7.